The van der Waals surface area contributed by atoms with Gasteiger partial charge in [0, 0.05) is 32.0 Å². The van der Waals surface area contributed by atoms with Gasteiger partial charge in [-0.1, -0.05) is 18.2 Å². The Hall–Kier alpha value is -3.04. The number of benzene rings is 2. The summed E-state index contributed by atoms with van der Waals surface area (Å²) in [5, 5.41) is 15.0. The molecule has 0 heterocycles. The lowest BCUT2D eigenvalue weighted by Gasteiger charge is -2.16. The van der Waals surface area contributed by atoms with Crippen LogP contribution in [0.25, 0.3) is 0 Å². The molecule has 1 amide bonds. The molecule has 0 saturated carbocycles. The summed E-state index contributed by atoms with van der Waals surface area (Å²) in [6.07, 6.45) is 0.783. The second-order valence-corrected chi connectivity index (χ2v) is 6.13. The molecule has 6 nitrogen and oxygen atoms in total. The maximum absolute atomic E-state index is 12.1. The highest BCUT2D eigenvalue weighted by molar-refractivity contribution is 5.84. The second-order valence-electron chi connectivity index (χ2n) is 6.13. The standard InChI is InChI=1S/C21H25N3O3/c1-16(21(25)23-10-5-11-26-2)24-19-8-4-9-20(13-19)27-15-18-7-3-6-17(12-18)14-22/h3-4,6-9,12-13,16,24H,5,10-11,15H2,1-2H3,(H,23,25). The molecule has 0 aromatic heterocycles. The molecule has 27 heavy (non-hydrogen) atoms. The van der Waals surface area contributed by atoms with Gasteiger partial charge in [-0.25, -0.2) is 0 Å². The summed E-state index contributed by atoms with van der Waals surface area (Å²) in [5.74, 6) is 0.626. The van der Waals surface area contributed by atoms with Crippen LogP contribution in [0.2, 0.25) is 0 Å². The van der Waals surface area contributed by atoms with E-state index in [1.807, 2.05) is 43.3 Å². The van der Waals surface area contributed by atoms with Crippen LogP contribution in [-0.4, -0.2) is 32.2 Å². The fraction of sp³-hybridized carbons (Fsp3) is 0.333. The first-order chi connectivity index (χ1) is 13.1. The van der Waals surface area contributed by atoms with E-state index in [-0.39, 0.29) is 11.9 Å². The third kappa shape index (κ3) is 7.00. The molecule has 0 fully saturated rings. The van der Waals surface area contributed by atoms with Crippen LogP contribution in [0.4, 0.5) is 5.69 Å². The summed E-state index contributed by atoms with van der Waals surface area (Å²) in [5.41, 5.74) is 2.34. The average molecular weight is 367 g/mol. The average Bonchev–Trinajstić information content (AvgIpc) is 2.70. The van der Waals surface area contributed by atoms with E-state index in [0.717, 1.165) is 17.7 Å². The number of carbonyl (C=O) groups excluding carboxylic acids is 1. The molecule has 0 aliphatic carbocycles. The summed E-state index contributed by atoms with van der Waals surface area (Å²) in [6, 6.07) is 16.5. The maximum atomic E-state index is 12.1. The fourth-order valence-electron chi connectivity index (χ4n) is 2.47. The van der Waals surface area contributed by atoms with Crippen molar-refractivity contribution < 1.29 is 14.3 Å². The van der Waals surface area contributed by atoms with Gasteiger partial charge in [-0.15, -0.1) is 0 Å². The third-order valence-electron chi connectivity index (χ3n) is 3.90. The number of hydrogen-bond donors (Lipinski definition) is 2. The highest BCUT2D eigenvalue weighted by atomic mass is 16.5. The SMILES string of the molecule is COCCCNC(=O)C(C)Nc1cccc(OCc2cccc(C#N)c2)c1. The Morgan fingerprint density at radius 2 is 2.04 bits per heavy atom. The Balaban J connectivity index is 1.87. The molecule has 0 radical (unpaired) electrons. The van der Waals surface area contributed by atoms with Crippen molar-refractivity contribution in [3.63, 3.8) is 0 Å². The second kappa shape index (κ2) is 10.8. The molecule has 0 bridgehead atoms. The largest absolute Gasteiger partial charge is 0.489 e. The minimum Gasteiger partial charge on any atom is -0.489 e. The first-order valence-electron chi connectivity index (χ1n) is 8.87. The third-order valence-corrected chi connectivity index (χ3v) is 3.90. The van der Waals surface area contributed by atoms with Crippen LogP contribution in [0.1, 0.15) is 24.5 Å². The molecule has 0 aliphatic heterocycles. The number of nitrogens with zero attached hydrogens (tertiary/aromatic N) is 1. The van der Waals surface area contributed by atoms with Crippen molar-refractivity contribution in [2.45, 2.75) is 26.0 Å². The quantitative estimate of drug-likeness (QED) is 0.631. The van der Waals surface area contributed by atoms with E-state index in [0.29, 0.717) is 31.1 Å². The molecular formula is C21H25N3O3. The van der Waals surface area contributed by atoms with Gasteiger partial charge in [-0.05, 0) is 43.2 Å². The Bertz CT molecular complexity index is 786. The zero-order valence-electron chi connectivity index (χ0n) is 15.7. The normalized spacial score (nSPS) is 11.3. The summed E-state index contributed by atoms with van der Waals surface area (Å²) < 4.78 is 10.8. The lowest BCUT2D eigenvalue weighted by Crippen LogP contribution is -2.38. The lowest BCUT2D eigenvalue weighted by molar-refractivity contribution is -0.121. The van der Waals surface area contributed by atoms with Crippen molar-refractivity contribution in [3.05, 3.63) is 59.7 Å². The molecule has 2 aromatic rings. The van der Waals surface area contributed by atoms with Crippen molar-refractivity contribution >= 4 is 11.6 Å². The van der Waals surface area contributed by atoms with Crippen LogP contribution in [-0.2, 0) is 16.1 Å². The predicted octanol–water partition coefficient (Wildman–Crippen LogP) is 3.09. The van der Waals surface area contributed by atoms with Gasteiger partial charge in [0.25, 0.3) is 0 Å². The van der Waals surface area contributed by atoms with E-state index < -0.39 is 0 Å². The Labute approximate surface area is 160 Å². The molecule has 0 spiro atoms. The topological polar surface area (TPSA) is 83.4 Å². The summed E-state index contributed by atoms with van der Waals surface area (Å²) in [7, 11) is 1.64. The smallest absolute Gasteiger partial charge is 0.242 e. The molecule has 0 saturated heterocycles. The van der Waals surface area contributed by atoms with E-state index in [1.165, 1.54) is 0 Å². The number of carbonyl (C=O) groups is 1. The minimum absolute atomic E-state index is 0.0641. The number of hydrogen-bond acceptors (Lipinski definition) is 5. The molecule has 0 aliphatic rings. The lowest BCUT2D eigenvalue weighted by atomic mass is 10.1. The molecular weight excluding hydrogens is 342 g/mol. The van der Waals surface area contributed by atoms with E-state index in [9.17, 15) is 4.79 Å². The number of methoxy groups -OCH3 is 1. The van der Waals surface area contributed by atoms with Gasteiger partial charge < -0.3 is 20.1 Å². The number of ether oxygens (including phenoxy) is 2. The number of nitrogens with one attached hydrogen (secondary N) is 2. The van der Waals surface area contributed by atoms with E-state index in [4.69, 9.17) is 14.7 Å². The molecule has 6 heteroatoms. The molecule has 142 valence electrons. The maximum Gasteiger partial charge on any atom is 0.242 e. The Morgan fingerprint density at radius 3 is 2.81 bits per heavy atom. The molecule has 2 rings (SSSR count). The van der Waals surface area contributed by atoms with Crippen LogP contribution < -0.4 is 15.4 Å². The summed E-state index contributed by atoms with van der Waals surface area (Å²) in [6.45, 7) is 3.39. The highest BCUT2D eigenvalue weighted by Crippen LogP contribution is 2.19. The summed E-state index contributed by atoms with van der Waals surface area (Å²) >= 11 is 0. The van der Waals surface area contributed by atoms with Crippen molar-refractivity contribution in [2.24, 2.45) is 0 Å². The van der Waals surface area contributed by atoms with Crippen LogP contribution in [0.15, 0.2) is 48.5 Å². The van der Waals surface area contributed by atoms with Gasteiger partial charge >= 0.3 is 0 Å². The van der Waals surface area contributed by atoms with Crippen LogP contribution in [0.5, 0.6) is 5.75 Å². The van der Waals surface area contributed by atoms with Crippen molar-refractivity contribution in [2.75, 3.05) is 25.6 Å². The van der Waals surface area contributed by atoms with Gasteiger partial charge in [-0.2, -0.15) is 5.26 Å². The number of nitriles is 1. The van der Waals surface area contributed by atoms with Crippen LogP contribution >= 0.6 is 0 Å². The van der Waals surface area contributed by atoms with Gasteiger partial charge in [0.15, 0.2) is 0 Å². The van der Waals surface area contributed by atoms with E-state index in [2.05, 4.69) is 16.7 Å². The zero-order chi connectivity index (χ0) is 19.5. The van der Waals surface area contributed by atoms with E-state index in [1.54, 1.807) is 19.2 Å². The van der Waals surface area contributed by atoms with Crippen molar-refractivity contribution in [3.8, 4) is 11.8 Å². The fourth-order valence-corrected chi connectivity index (χ4v) is 2.47. The molecule has 1 unspecified atom stereocenters. The number of anilines is 1. The van der Waals surface area contributed by atoms with E-state index >= 15 is 0 Å². The van der Waals surface area contributed by atoms with Crippen molar-refractivity contribution in [1.82, 2.24) is 5.32 Å². The highest BCUT2D eigenvalue weighted by Gasteiger charge is 2.12. The van der Waals surface area contributed by atoms with Crippen molar-refractivity contribution in [1.29, 1.82) is 5.26 Å². The molecule has 2 N–H and O–H groups in total. The molecule has 2 aromatic carbocycles. The predicted molar refractivity (Wildman–Crippen MR) is 105 cm³/mol. The van der Waals surface area contributed by atoms with Gasteiger partial charge in [-0.3, -0.25) is 4.79 Å². The van der Waals surface area contributed by atoms with Crippen LogP contribution in [0.3, 0.4) is 0 Å². The monoisotopic (exact) mass is 367 g/mol. The molecule has 1 atom stereocenters. The number of amides is 1. The number of rotatable bonds is 10. The summed E-state index contributed by atoms with van der Waals surface area (Å²) in [4.78, 5) is 12.1. The zero-order valence-corrected chi connectivity index (χ0v) is 15.7. The first kappa shape index (κ1) is 20.3. The first-order valence-corrected chi connectivity index (χ1v) is 8.87. The van der Waals surface area contributed by atoms with Gasteiger partial charge in [0.2, 0.25) is 5.91 Å². The Morgan fingerprint density at radius 1 is 1.22 bits per heavy atom. The minimum atomic E-state index is -0.366. The van der Waals surface area contributed by atoms with Crippen LogP contribution in [0, 0.1) is 11.3 Å². The Kier molecular flexibility index (Phi) is 8.14. The van der Waals surface area contributed by atoms with Gasteiger partial charge in [0.05, 0.1) is 11.6 Å². The van der Waals surface area contributed by atoms with Gasteiger partial charge in [0.1, 0.15) is 18.4 Å².